The van der Waals surface area contributed by atoms with Gasteiger partial charge in [-0.05, 0) is 36.5 Å². The van der Waals surface area contributed by atoms with Gasteiger partial charge in [0.25, 0.3) is 0 Å². The smallest absolute Gasteiger partial charge is 0.250 e. The predicted molar refractivity (Wildman–Crippen MR) is 79.7 cm³/mol. The molecule has 1 aromatic rings. The molecule has 0 radical (unpaired) electrons. The van der Waals surface area contributed by atoms with Gasteiger partial charge in [0.05, 0.1) is 0 Å². The molecule has 7 heteroatoms. The highest BCUT2D eigenvalue weighted by Crippen LogP contribution is 2.21. The van der Waals surface area contributed by atoms with E-state index in [1.807, 2.05) is 32.8 Å². The Labute approximate surface area is 119 Å². The van der Waals surface area contributed by atoms with Gasteiger partial charge in [-0.2, -0.15) is 0 Å². The Morgan fingerprint density at radius 2 is 2.05 bits per heavy atom. The first-order chi connectivity index (χ1) is 8.66. The van der Waals surface area contributed by atoms with Crippen molar-refractivity contribution in [3.63, 3.8) is 0 Å². The second-order valence-corrected chi connectivity index (χ2v) is 8.61. The van der Waals surface area contributed by atoms with Crippen molar-refractivity contribution in [2.75, 3.05) is 27.2 Å². The zero-order valence-electron chi connectivity index (χ0n) is 11.9. The Kier molecular flexibility index (Phi) is 5.52. The highest BCUT2D eigenvalue weighted by atomic mass is 32.2. The van der Waals surface area contributed by atoms with Gasteiger partial charge in [-0.3, -0.25) is 0 Å². The molecule has 0 spiro atoms. The van der Waals surface area contributed by atoms with Crippen molar-refractivity contribution in [1.29, 1.82) is 0 Å². The van der Waals surface area contributed by atoms with Gasteiger partial charge in [-0.15, -0.1) is 11.3 Å². The molecule has 1 heterocycles. The maximum absolute atomic E-state index is 12.1. The highest BCUT2D eigenvalue weighted by molar-refractivity contribution is 7.91. The maximum Gasteiger partial charge on any atom is 0.250 e. The maximum atomic E-state index is 12.1. The summed E-state index contributed by atoms with van der Waals surface area (Å²) < 4.78 is 27.3. The van der Waals surface area contributed by atoms with Gasteiger partial charge < -0.3 is 10.6 Å². The Hall–Kier alpha value is -0.470. The Morgan fingerprint density at radius 1 is 1.42 bits per heavy atom. The highest BCUT2D eigenvalue weighted by Gasteiger charge is 2.23. The van der Waals surface area contributed by atoms with Gasteiger partial charge >= 0.3 is 0 Å². The zero-order valence-corrected chi connectivity index (χ0v) is 13.6. The lowest BCUT2D eigenvalue weighted by atomic mass is 9.93. The Bertz CT molecular complexity index is 507. The average Bonchev–Trinajstić information content (AvgIpc) is 2.74. The van der Waals surface area contributed by atoms with Crippen LogP contribution >= 0.6 is 11.3 Å². The minimum Gasteiger partial charge on any atom is -0.326 e. The van der Waals surface area contributed by atoms with E-state index in [0.29, 0.717) is 17.3 Å². The largest absolute Gasteiger partial charge is 0.326 e. The summed E-state index contributed by atoms with van der Waals surface area (Å²) in [6.45, 7) is 5.65. The van der Waals surface area contributed by atoms with Crippen LogP contribution in [0.15, 0.2) is 15.7 Å². The Morgan fingerprint density at radius 3 is 2.53 bits per heavy atom. The number of nitrogens with zero attached hydrogens (tertiary/aromatic N) is 1. The van der Waals surface area contributed by atoms with Crippen LogP contribution in [0.1, 0.15) is 19.4 Å². The molecule has 1 aromatic heterocycles. The standard InChI is InChI=1S/C12H23N3O2S2/c1-12(2,9-15(3)4)8-14-19(16,17)11-5-10(6-13)7-18-11/h5,7,14H,6,8-9,13H2,1-4H3. The molecule has 0 aromatic carbocycles. The lowest BCUT2D eigenvalue weighted by Crippen LogP contribution is -2.39. The van der Waals surface area contributed by atoms with Crippen molar-refractivity contribution in [3.8, 4) is 0 Å². The fourth-order valence-corrected chi connectivity index (χ4v) is 4.38. The van der Waals surface area contributed by atoms with Crippen molar-refractivity contribution < 1.29 is 8.42 Å². The number of thiophene rings is 1. The number of sulfonamides is 1. The number of hydrogen-bond donors (Lipinski definition) is 2. The molecule has 5 nitrogen and oxygen atoms in total. The molecule has 0 aliphatic rings. The van der Waals surface area contributed by atoms with Crippen molar-refractivity contribution >= 4 is 21.4 Å². The summed E-state index contributed by atoms with van der Waals surface area (Å²) in [5, 5.41) is 1.78. The monoisotopic (exact) mass is 305 g/mol. The molecule has 3 N–H and O–H groups in total. The molecule has 0 bridgehead atoms. The third-order valence-electron chi connectivity index (χ3n) is 2.62. The molecule has 0 saturated heterocycles. The molecule has 0 aliphatic carbocycles. The summed E-state index contributed by atoms with van der Waals surface area (Å²) >= 11 is 1.20. The van der Waals surface area contributed by atoms with Crippen molar-refractivity contribution in [3.05, 3.63) is 17.0 Å². The summed E-state index contributed by atoms with van der Waals surface area (Å²) in [6.07, 6.45) is 0. The fraction of sp³-hybridized carbons (Fsp3) is 0.667. The molecule has 0 saturated carbocycles. The third kappa shape index (κ3) is 5.19. The van der Waals surface area contributed by atoms with Crippen LogP contribution in [0.3, 0.4) is 0 Å². The van der Waals surface area contributed by atoms with Crippen LogP contribution < -0.4 is 10.5 Å². The van der Waals surface area contributed by atoms with Gasteiger partial charge in [0.1, 0.15) is 4.21 Å². The summed E-state index contributed by atoms with van der Waals surface area (Å²) in [5.41, 5.74) is 6.22. The molecule has 0 unspecified atom stereocenters. The number of nitrogens with two attached hydrogens (primary N) is 1. The van der Waals surface area contributed by atoms with Gasteiger partial charge in [0.15, 0.2) is 0 Å². The van der Waals surface area contributed by atoms with Crippen molar-refractivity contribution in [1.82, 2.24) is 9.62 Å². The van der Waals surface area contributed by atoms with E-state index in [1.165, 1.54) is 11.3 Å². The molecule has 0 fully saturated rings. The first-order valence-corrected chi connectivity index (χ1v) is 8.44. The molecule has 1 rings (SSSR count). The number of hydrogen-bond acceptors (Lipinski definition) is 5. The van der Waals surface area contributed by atoms with Crippen LogP contribution in [0.25, 0.3) is 0 Å². The lowest BCUT2D eigenvalue weighted by Gasteiger charge is -2.28. The van der Waals surface area contributed by atoms with Crippen LogP contribution in [0, 0.1) is 5.41 Å². The fourth-order valence-electron chi connectivity index (χ4n) is 1.87. The average molecular weight is 305 g/mol. The van der Waals surface area contributed by atoms with E-state index in [9.17, 15) is 8.42 Å². The lowest BCUT2D eigenvalue weighted by molar-refractivity contribution is 0.242. The normalized spacial score (nSPS) is 13.2. The van der Waals surface area contributed by atoms with Gasteiger partial charge in [0.2, 0.25) is 10.0 Å². The van der Waals surface area contributed by atoms with Crippen molar-refractivity contribution in [2.45, 2.75) is 24.6 Å². The topological polar surface area (TPSA) is 75.4 Å². The quantitative estimate of drug-likeness (QED) is 0.790. The molecule has 0 atom stereocenters. The van der Waals surface area contributed by atoms with E-state index in [0.717, 1.165) is 12.1 Å². The molecular weight excluding hydrogens is 282 g/mol. The number of nitrogens with one attached hydrogen (secondary N) is 1. The molecule has 0 aliphatic heterocycles. The van der Waals surface area contributed by atoms with Crippen LogP contribution in [-0.2, 0) is 16.6 Å². The summed E-state index contributed by atoms with van der Waals surface area (Å²) in [4.78, 5) is 2.05. The van der Waals surface area contributed by atoms with E-state index >= 15 is 0 Å². The van der Waals surface area contributed by atoms with Crippen LogP contribution in [0.4, 0.5) is 0 Å². The first kappa shape index (κ1) is 16.6. The van der Waals surface area contributed by atoms with Crippen LogP contribution in [0.2, 0.25) is 0 Å². The van der Waals surface area contributed by atoms with E-state index in [-0.39, 0.29) is 5.41 Å². The first-order valence-electron chi connectivity index (χ1n) is 6.08. The SMILES string of the molecule is CN(C)CC(C)(C)CNS(=O)(=O)c1cc(CN)cs1. The summed E-state index contributed by atoms with van der Waals surface area (Å²) in [6, 6.07) is 1.63. The predicted octanol–water partition coefficient (Wildman–Crippen LogP) is 1.07. The third-order valence-corrected chi connectivity index (χ3v) is 5.50. The van der Waals surface area contributed by atoms with Gasteiger partial charge in [0, 0.05) is 19.6 Å². The Balaban J connectivity index is 2.70. The number of rotatable bonds is 7. The minimum absolute atomic E-state index is 0.121. The van der Waals surface area contributed by atoms with Crippen molar-refractivity contribution in [2.24, 2.45) is 11.1 Å². The van der Waals surface area contributed by atoms with E-state index in [2.05, 4.69) is 4.72 Å². The molecular formula is C12H23N3O2S2. The van der Waals surface area contributed by atoms with E-state index < -0.39 is 10.0 Å². The van der Waals surface area contributed by atoms with E-state index in [1.54, 1.807) is 11.4 Å². The second kappa shape index (κ2) is 6.32. The molecule has 19 heavy (non-hydrogen) atoms. The van der Waals surface area contributed by atoms with Crippen LogP contribution in [-0.4, -0.2) is 40.5 Å². The molecule has 110 valence electrons. The summed E-state index contributed by atoms with van der Waals surface area (Å²) in [5.74, 6) is 0. The van der Waals surface area contributed by atoms with E-state index in [4.69, 9.17) is 5.73 Å². The molecule has 0 amide bonds. The van der Waals surface area contributed by atoms with Crippen LogP contribution in [0.5, 0.6) is 0 Å². The summed E-state index contributed by atoms with van der Waals surface area (Å²) in [7, 11) is 0.526. The second-order valence-electron chi connectivity index (χ2n) is 5.70. The van der Waals surface area contributed by atoms with Gasteiger partial charge in [-0.25, -0.2) is 13.1 Å². The van der Waals surface area contributed by atoms with Gasteiger partial charge in [-0.1, -0.05) is 13.8 Å². The minimum atomic E-state index is -3.42. The zero-order chi connectivity index (χ0) is 14.7.